The minimum atomic E-state index is -0.630. The van der Waals surface area contributed by atoms with Crippen molar-refractivity contribution >= 4 is 40.8 Å². The predicted molar refractivity (Wildman–Crippen MR) is 83.6 cm³/mol. The maximum atomic E-state index is 11.9. The van der Waals surface area contributed by atoms with Crippen molar-refractivity contribution < 1.29 is 18.7 Å². The molecule has 0 saturated carbocycles. The fraction of sp³-hybridized carbons (Fsp3) is 0.200. The third-order valence-electron chi connectivity index (χ3n) is 2.82. The Balaban J connectivity index is 1.96. The summed E-state index contributed by atoms with van der Waals surface area (Å²) in [5.41, 5.74) is 0.572. The Morgan fingerprint density at radius 2 is 1.86 bits per heavy atom. The van der Waals surface area contributed by atoms with Crippen LogP contribution in [0.4, 0.5) is 5.69 Å². The van der Waals surface area contributed by atoms with Gasteiger partial charge in [0, 0.05) is 0 Å². The number of anilines is 1. The number of esters is 1. The molecule has 1 amide bonds. The monoisotopic (exact) mass is 341 g/mol. The molecule has 0 radical (unpaired) electrons. The van der Waals surface area contributed by atoms with E-state index in [9.17, 15) is 9.59 Å². The van der Waals surface area contributed by atoms with Gasteiger partial charge in [0.05, 0.1) is 15.7 Å². The van der Waals surface area contributed by atoms with Crippen LogP contribution in [0.5, 0.6) is 0 Å². The first-order valence-electron chi connectivity index (χ1n) is 6.36. The van der Waals surface area contributed by atoms with E-state index in [1.54, 1.807) is 38.1 Å². The highest BCUT2D eigenvalue weighted by Crippen LogP contribution is 2.29. The topological polar surface area (TPSA) is 68.5 Å². The number of furan rings is 1. The number of benzene rings is 1. The summed E-state index contributed by atoms with van der Waals surface area (Å²) in [6.45, 7) is 2.91. The van der Waals surface area contributed by atoms with Crippen molar-refractivity contribution in [3.63, 3.8) is 0 Å². The number of ether oxygens (including phenoxy) is 1. The highest BCUT2D eigenvalue weighted by molar-refractivity contribution is 6.39. The molecule has 1 N–H and O–H groups in total. The lowest BCUT2D eigenvalue weighted by Crippen LogP contribution is -2.21. The third-order valence-corrected chi connectivity index (χ3v) is 3.45. The molecule has 7 heteroatoms. The van der Waals surface area contributed by atoms with E-state index >= 15 is 0 Å². The zero-order valence-corrected chi connectivity index (χ0v) is 13.4. The molecule has 2 aromatic rings. The fourth-order valence-electron chi connectivity index (χ4n) is 1.84. The molecule has 22 heavy (non-hydrogen) atoms. The molecule has 0 aliphatic carbocycles. The summed E-state index contributed by atoms with van der Waals surface area (Å²) in [5, 5.41) is 3.10. The molecule has 1 aromatic heterocycles. The highest BCUT2D eigenvalue weighted by Gasteiger charge is 2.17. The van der Waals surface area contributed by atoms with Crippen molar-refractivity contribution in [2.24, 2.45) is 0 Å². The van der Waals surface area contributed by atoms with Gasteiger partial charge in [0.15, 0.2) is 6.61 Å². The molecule has 0 atom stereocenters. The minimum absolute atomic E-state index is 0.280. The van der Waals surface area contributed by atoms with Crippen LogP contribution in [0.25, 0.3) is 0 Å². The van der Waals surface area contributed by atoms with Gasteiger partial charge < -0.3 is 14.5 Å². The van der Waals surface area contributed by atoms with E-state index in [2.05, 4.69) is 5.32 Å². The molecular formula is C15H13Cl2NO4. The smallest absolute Gasteiger partial charge is 0.342 e. The Labute approximate surface area is 137 Å². The minimum Gasteiger partial charge on any atom is -0.466 e. The second-order valence-electron chi connectivity index (χ2n) is 4.55. The molecule has 0 spiro atoms. The summed E-state index contributed by atoms with van der Waals surface area (Å²) in [6.07, 6.45) is 0. The Morgan fingerprint density at radius 3 is 2.41 bits per heavy atom. The molecule has 5 nitrogen and oxygen atoms in total. The first-order valence-corrected chi connectivity index (χ1v) is 7.12. The van der Waals surface area contributed by atoms with Gasteiger partial charge in [-0.25, -0.2) is 4.79 Å². The molecular weight excluding hydrogens is 329 g/mol. The van der Waals surface area contributed by atoms with Gasteiger partial charge in [0.25, 0.3) is 5.91 Å². The number of para-hydroxylation sites is 1. The fourth-order valence-corrected chi connectivity index (χ4v) is 2.33. The van der Waals surface area contributed by atoms with E-state index in [1.165, 1.54) is 0 Å². The lowest BCUT2D eigenvalue weighted by molar-refractivity contribution is -0.119. The number of carbonyl (C=O) groups is 2. The zero-order chi connectivity index (χ0) is 16.3. The van der Waals surface area contributed by atoms with Gasteiger partial charge in [-0.2, -0.15) is 0 Å². The first-order chi connectivity index (χ1) is 10.4. The average Bonchev–Trinajstić information content (AvgIpc) is 2.79. The number of amides is 1. The van der Waals surface area contributed by atoms with Gasteiger partial charge >= 0.3 is 5.97 Å². The number of aryl methyl sites for hydroxylation is 2. The largest absolute Gasteiger partial charge is 0.466 e. The number of hydrogen-bond donors (Lipinski definition) is 1. The molecule has 0 aliphatic heterocycles. The number of hydrogen-bond acceptors (Lipinski definition) is 4. The van der Waals surface area contributed by atoms with E-state index in [1.807, 2.05) is 0 Å². The Hall–Kier alpha value is -1.98. The van der Waals surface area contributed by atoms with E-state index < -0.39 is 18.5 Å². The summed E-state index contributed by atoms with van der Waals surface area (Å²) in [7, 11) is 0. The zero-order valence-electron chi connectivity index (χ0n) is 11.9. The maximum Gasteiger partial charge on any atom is 0.342 e. The van der Waals surface area contributed by atoms with Crippen LogP contribution in [0.1, 0.15) is 21.9 Å². The van der Waals surface area contributed by atoms with Crippen LogP contribution < -0.4 is 5.32 Å². The molecule has 116 valence electrons. The summed E-state index contributed by atoms with van der Waals surface area (Å²) >= 11 is 11.9. The molecule has 0 aliphatic rings. The molecule has 0 fully saturated rings. The van der Waals surface area contributed by atoms with E-state index in [0.717, 1.165) is 0 Å². The van der Waals surface area contributed by atoms with Gasteiger partial charge in [-0.3, -0.25) is 4.79 Å². The van der Waals surface area contributed by atoms with Crippen molar-refractivity contribution in [1.29, 1.82) is 0 Å². The highest BCUT2D eigenvalue weighted by atomic mass is 35.5. The molecule has 2 rings (SSSR count). The summed E-state index contributed by atoms with van der Waals surface area (Å²) in [5.74, 6) is -0.134. The Bertz CT molecular complexity index is 704. The average molecular weight is 342 g/mol. The molecule has 1 heterocycles. The Kier molecular flexibility index (Phi) is 5.11. The van der Waals surface area contributed by atoms with Crippen molar-refractivity contribution in [3.05, 3.63) is 51.4 Å². The molecule has 0 saturated heterocycles. The summed E-state index contributed by atoms with van der Waals surface area (Å²) < 4.78 is 10.2. The second-order valence-corrected chi connectivity index (χ2v) is 5.36. The van der Waals surface area contributed by atoms with E-state index in [4.69, 9.17) is 32.4 Å². The summed E-state index contributed by atoms with van der Waals surface area (Å²) in [6, 6.07) is 6.39. The maximum absolute atomic E-state index is 11.9. The SMILES string of the molecule is Cc1cc(C(=O)OCC(=O)Nc2c(Cl)cccc2Cl)c(C)o1. The van der Waals surface area contributed by atoms with E-state index in [0.29, 0.717) is 27.1 Å². The van der Waals surface area contributed by atoms with Crippen LogP contribution in [0, 0.1) is 13.8 Å². The molecule has 1 aromatic carbocycles. The predicted octanol–water partition coefficient (Wildman–Crippen LogP) is 4.00. The van der Waals surface area contributed by atoms with Crippen LogP contribution in [0.2, 0.25) is 10.0 Å². The quantitative estimate of drug-likeness (QED) is 0.853. The van der Waals surface area contributed by atoms with Crippen molar-refractivity contribution in [2.75, 3.05) is 11.9 Å². The van der Waals surface area contributed by atoms with E-state index in [-0.39, 0.29) is 5.69 Å². The van der Waals surface area contributed by atoms with Crippen LogP contribution in [0.3, 0.4) is 0 Å². The summed E-state index contributed by atoms with van der Waals surface area (Å²) in [4.78, 5) is 23.7. The molecule has 0 unspecified atom stereocenters. The van der Waals surface area contributed by atoms with Gasteiger partial charge in [0.2, 0.25) is 0 Å². The van der Waals surface area contributed by atoms with Crippen molar-refractivity contribution in [2.45, 2.75) is 13.8 Å². The standard InChI is InChI=1S/C15H13Cl2NO4/c1-8-6-10(9(2)22-8)15(20)21-7-13(19)18-14-11(16)4-3-5-12(14)17/h3-6H,7H2,1-2H3,(H,18,19). The van der Waals surface area contributed by atoms with Gasteiger partial charge in [-0.15, -0.1) is 0 Å². The van der Waals surface area contributed by atoms with Crippen LogP contribution >= 0.6 is 23.2 Å². The van der Waals surface area contributed by atoms with Crippen LogP contribution in [-0.2, 0) is 9.53 Å². The Morgan fingerprint density at radius 1 is 1.23 bits per heavy atom. The van der Waals surface area contributed by atoms with Gasteiger partial charge in [-0.05, 0) is 32.0 Å². The van der Waals surface area contributed by atoms with Crippen LogP contribution in [0.15, 0.2) is 28.7 Å². The molecule has 0 bridgehead atoms. The lowest BCUT2D eigenvalue weighted by atomic mass is 10.2. The van der Waals surface area contributed by atoms with Crippen LogP contribution in [-0.4, -0.2) is 18.5 Å². The first kappa shape index (κ1) is 16.4. The number of carbonyl (C=O) groups excluding carboxylic acids is 2. The van der Waals surface area contributed by atoms with Gasteiger partial charge in [0.1, 0.15) is 17.1 Å². The number of rotatable bonds is 4. The lowest BCUT2D eigenvalue weighted by Gasteiger charge is -2.09. The second kappa shape index (κ2) is 6.85. The number of halogens is 2. The van der Waals surface area contributed by atoms with Gasteiger partial charge in [-0.1, -0.05) is 29.3 Å². The third kappa shape index (κ3) is 3.81. The van der Waals surface area contributed by atoms with Crippen molar-refractivity contribution in [1.82, 2.24) is 0 Å². The number of nitrogens with one attached hydrogen (secondary N) is 1. The normalized spacial score (nSPS) is 10.4. The van der Waals surface area contributed by atoms with Crippen molar-refractivity contribution in [3.8, 4) is 0 Å².